The Bertz CT molecular complexity index is 752. The molecule has 0 radical (unpaired) electrons. The first kappa shape index (κ1) is 18.1. The number of piperidine rings is 1. The largest absolute Gasteiger partial charge is 0.478 e. The average Bonchev–Trinajstić information content (AvgIpc) is 2.68. The molecule has 5 nitrogen and oxygen atoms in total. The minimum absolute atomic E-state index is 0.0362. The fraction of sp³-hybridized carbons (Fsp3) is 0.333. The van der Waals surface area contributed by atoms with Crippen LogP contribution in [0.25, 0.3) is 0 Å². The van der Waals surface area contributed by atoms with Crippen LogP contribution in [0.15, 0.2) is 54.6 Å². The number of aromatic carboxylic acids is 1. The normalized spacial score (nSPS) is 15.0. The summed E-state index contributed by atoms with van der Waals surface area (Å²) in [6.45, 7) is 1.95. The molecule has 136 valence electrons. The van der Waals surface area contributed by atoms with Crippen LogP contribution in [-0.2, 0) is 22.6 Å². The van der Waals surface area contributed by atoms with Gasteiger partial charge in [0, 0.05) is 13.1 Å². The van der Waals surface area contributed by atoms with E-state index in [1.807, 2.05) is 35.2 Å². The summed E-state index contributed by atoms with van der Waals surface area (Å²) in [7, 11) is 0. The smallest absolute Gasteiger partial charge is 0.335 e. The molecule has 1 aliphatic rings. The number of hydrogen-bond acceptors (Lipinski definition) is 3. The van der Waals surface area contributed by atoms with Crippen LogP contribution in [0.4, 0.5) is 0 Å². The van der Waals surface area contributed by atoms with Gasteiger partial charge in [-0.1, -0.05) is 42.5 Å². The second-order valence-corrected chi connectivity index (χ2v) is 6.56. The first-order chi connectivity index (χ1) is 12.6. The minimum atomic E-state index is -0.976. The van der Waals surface area contributed by atoms with E-state index in [4.69, 9.17) is 9.84 Å². The summed E-state index contributed by atoms with van der Waals surface area (Å²) in [5.41, 5.74) is 2.10. The second-order valence-electron chi connectivity index (χ2n) is 6.56. The highest BCUT2D eigenvalue weighted by Crippen LogP contribution is 2.17. The second kappa shape index (κ2) is 8.63. The zero-order chi connectivity index (χ0) is 18.4. The van der Waals surface area contributed by atoms with Gasteiger partial charge in [-0.05, 0) is 36.1 Å². The number of carbonyl (C=O) groups excluding carboxylic acids is 1. The van der Waals surface area contributed by atoms with Crippen molar-refractivity contribution in [2.24, 2.45) is 0 Å². The molecule has 5 heteroatoms. The first-order valence-electron chi connectivity index (χ1n) is 8.87. The van der Waals surface area contributed by atoms with Gasteiger partial charge in [-0.15, -0.1) is 0 Å². The maximum absolute atomic E-state index is 12.5. The zero-order valence-corrected chi connectivity index (χ0v) is 14.6. The van der Waals surface area contributed by atoms with Crippen LogP contribution in [-0.4, -0.2) is 41.1 Å². The van der Waals surface area contributed by atoms with E-state index >= 15 is 0 Å². The maximum atomic E-state index is 12.5. The molecule has 0 bridgehead atoms. The Morgan fingerprint density at radius 1 is 1.00 bits per heavy atom. The monoisotopic (exact) mass is 353 g/mol. The van der Waals surface area contributed by atoms with E-state index in [2.05, 4.69) is 0 Å². The van der Waals surface area contributed by atoms with Gasteiger partial charge in [0.1, 0.15) is 0 Å². The molecule has 0 aromatic heterocycles. The van der Waals surface area contributed by atoms with Crippen LogP contribution in [0.5, 0.6) is 0 Å². The van der Waals surface area contributed by atoms with E-state index in [0.29, 0.717) is 19.7 Å². The quantitative estimate of drug-likeness (QED) is 0.866. The van der Waals surface area contributed by atoms with Gasteiger partial charge in [0.2, 0.25) is 5.91 Å². The van der Waals surface area contributed by atoms with Crippen molar-refractivity contribution >= 4 is 11.9 Å². The lowest BCUT2D eigenvalue weighted by atomic mass is 10.0. The number of likely N-dealkylation sites (tertiary alicyclic amines) is 1. The molecule has 2 aromatic carbocycles. The predicted molar refractivity (Wildman–Crippen MR) is 97.9 cm³/mol. The van der Waals surface area contributed by atoms with Crippen LogP contribution >= 0.6 is 0 Å². The van der Waals surface area contributed by atoms with Crippen molar-refractivity contribution in [2.45, 2.75) is 32.0 Å². The number of nitrogens with zero attached hydrogens (tertiary/aromatic N) is 1. The number of benzene rings is 2. The summed E-state index contributed by atoms with van der Waals surface area (Å²) in [5, 5.41) is 9.04. The van der Waals surface area contributed by atoms with E-state index in [9.17, 15) is 9.59 Å². The molecule has 0 unspecified atom stereocenters. The van der Waals surface area contributed by atoms with Crippen LogP contribution in [0.3, 0.4) is 0 Å². The Kier molecular flexibility index (Phi) is 6.02. The SMILES string of the molecule is O=C(O)c1cccc(CC(=O)N2CCC(OCc3ccccc3)CC2)c1. The number of ether oxygens (including phenoxy) is 1. The van der Waals surface area contributed by atoms with Gasteiger partial charge in [0.15, 0.2) is 0 Å². The van der Waals surface area contributed by atoms with Crippen molar-refractivity contribution in [2.75, 3.05) is 13.1 Å². The van der Waals surface area contributed by atoms with E-state index < -0.39 is 5.97 Å². The Hall–Kier alpha value is -2.66. The molecule has 0 spiro atoms. The van der Waals surface area contributed by atoms with E-state index in [1.165, 1.54) is 6.07 Å². The maximum Gasteiger partial charge on any atom is 0.335 e. The summed E-state index contributed by atoms with van der Waals surface area (Å²) >= 11 is 0. The van der Waals surface area contributed by atoms with Crippen LogP contribution in [0, 0.1) is 0 Å². The lowest BCUT2D eigenvalue weighted by Crippen LogP contribution is -2.41. The molecule has 0 saturated carbocycles. The number of amides is 1. The van der Waals surface area contributed by atoms with Crippen LogP contribution in [0.2, 0.25) is 0 Å². The van der Waals surface area contributed by atoms with Gasteiger partial charge in [0.25, 0.3) is 0 Å². The number of carboxylic acids is 1. The summed E-state index contributed by atoms with van der Waals surface area (Å²) in [4.78, 5) is 25.3. The van der Waals surface area contributed by atoms with E-state index in [1.54, 1.807) is 18.2 Å². The summed E-state index contributed by atoms with van der Waals surface area (Å²) < 4.78 is 5.95. The number of carboxylic acid groups (broad SMARTS) is 1. The van der Waals surface area contributed by atoms with E-state index in [-0.39, 0.29) is 24.0 Å². The Labute approximate surface area is 153 Å². The van der Waals surface area contributed by atoms with Crippen molar-refractivity contribution in [1.82, 2.24) is 4.90 Å². The lowest BCUT2D eigenvalue weighted by molar-refractivity contribution is -0.133. The third-order valence-corrected chi connectivity index (χ3v) is 4.65. The number of rotatable bonds is 6. The fourth-order valence-electron chi connectivity index (χ4n) is 3.16. The standard InChI is InChI=1S/C21H23NO4/c23-20(14-17-7-4-8-18(13-17)21(24)25)22-11-9-19(10-12-22)26-15-16-5-2-1-3-6-16/h1-8,13,19H,9-12,14-15H2,(H,24,25). The average molecular weight is 353 g/mol. The van der Waals surface area contributed by atoms with E-state index in [0.717, 1.165) is 24.0 Å². The van der Waals surface area contributed by atoms with Crippen molar-refractivity contribution < 1.29 is 19.4 Å². The number of hydrogen-bond donors (Lipinski definition) is 1. The van der Waals surface area contributed by atoms with Gasteiger partial charge in [-0.3, -0.25) is 4.79 Å². The minimum Gasteiger partial charge on any atom is -0.478 e. The summed E-state index contributed by atoms with van der Waals surface area (Å²) in [5.74, 6) is -0.940. The van der Waals surface area contributed by atoms with Gasteiger partial charge < -0.3 is 14.7 Å². The van der Waals surface area contributed by atoms with Crippen molar-refractivity contribution in [3.63, 3.8) is 0 Å². The highest BCUT2D eigenvalue weighted by atomic mass is 16.5. The molecule has 3 rings (SSSR count). The molecule has 26 heavy (non-hydrogen) atoms. The third-order valence-electron chi connectivity index (χ3n) is 4.65. The Morgan fingerprint density at radius 2 is 1.69 bits per heavy atom. The highest BCUT2D eigenvalue weighted by molar-refractivity contribution is 5.88. The number of carbonyl (C=O) groups is 2. The first-order valence-corrected chi connectivity index (χ1v) is 8.87. The highest BCUT2D eigenvalue weighted by Gasteiger charge is 2.23. The van der Waals surface area contributed by atoms with Gasteiger partial charge in [-0.25, -0.2) is 4.79 Å². The van der Waals surface area contributed by atoms with Gasteiger partial charge in [0.05, 0.1) is 24.7 Å². The van der Waals surface area contributed by atoms with Crippen molar-refractivity contribution in [1.29, 1.82) is 0 Å². The molecule has 0 atom stereocenters. The molecule has 1 heterocycles. The zero-order valence-electron chi connectivity index (χ0n) is 14.6. The lowest BCUT2D eigenvalue weighted by Gasteiger charge is -2.32. The Balaban J connectivity index is 1.46. The molecular weight excluding hydrogens is 330 g/mol. The third kappa shape index (κ3) is 4.92. The van der Waals surface area contributed by atoms with Gasteiger partial charge in [-0.2, -0.15) is 0 Å². The molecule has 0 aliphatic carbocycles. The van der Waals surface area contributed by atoms with Crippen molar-refractivity contribution in [3.05, 3.63) is 71.3 Å². The molecule has 1 saturated heterocycles. The van der Waals surface area contributed by atoms with Crippen molar-refractivity contribution in [3.8, 4) is 0 Å². The predicted octanol–water partition coefficient (Wildman–Crippen LogP) is 3.14. The molecule has 1 fully saturated rings. The molecule has 1 amide bonds. The molecule has 1 aliphatic heterocycles. The topological polar surface area (TPSA) is 66.8 Å². The fourth-order valence-corrected chi connectivity index (χ4v) is 3.16. The van der Waals surface area contributed by atoms with Crippen LogP contribution < -0.4 is 0 Å². The molecule has 1 N–H and O–H groups in total. The molecular formula is C21H23NO4. The summed E-state index contributed by atoms with van der Waals surface area (Å²) in [6.07, 6.45) is 2.06. The Morgan fingerprint density at radius 3 is 2.38 bits per heavy atom. The van der Waals surface area contributed by atoms with Crippen LogP contribution in [0.1, 0.15) is 34.3 Å². The summed E-state index contributed by atoms with van der Waals surface area (Å²) in [6, 6.07) is 16.6. The van der Waals surface area contributed by atoms with Gasteiger partial charge >= 0.3 is 5.97 Å². The molecule has 2 aromatic rings.